The second-order valence-electron chi connectivity index (χ2n) is 7.24. The minimum atomic E-state index is -1.27. The molecule has 2 N–H and O–H groups in total. The summed E-state index contributed by atoms with van der Waals surface area (Å²) in [6, 6.07) is 10.8. The molecule has 1 amide bonds. The minimum absolute atomic E-state index is 0.0581. The van der Waals surface area contributed by atoms with Crippen molar-refractivity contribution in [2.75, 3.05) is 7.11 Å². The summed E-state index contributed by atoms with van der Waals surface area (Å²) in [7, 11) is 1.33. The van der Waals surface area contributed by atoms with Gasteiger partial charge in [0.15, 0.2) is 23.4 Å². The number of hydrogen-bond acceptors (Lipinski definition) is 8. The molecule has 0 radical (unpaired) electrons. The third-order valence-electron chi connectivity index (χ3n) is 4.83. The van der Waals surface area contributed by atoms with Crippen LogP contribution in [-0.2, 0) is 25.5 Å². The van der Waals surface area contributed by atoms with Crippen LogP contribution in [0.25, 0.3) is 0 Å². The van der Waals surface area contributed by atoms with Gasteiger partial charge in [-0.05, 0) is 25.3 Å². The van der Waals surface area contributed by atoms with Crippen molar-refractivity contribution in [2.24, 2.45) is 5.92 Å². The molecule has 2 aromatic rings. The second-order valence-corrected chi connectivity index (χ2v) is 7.24. The molecule has 1 aromatic heterocycles. The lowest BCUT2D eigenvalue weighted by molar-refractivity contribution is -0.156. The Morgan fingerprint density at radius 1 is 1.23 bits per heavy atom. The van der Waals surface area contributed by atoms with Crippen LogP contribution < -0.4 is 10.1 Å². The molecular weight excluding hydrogens is 404 g/mol. The van der Waals surface area contributed by atoms with Crippen LogP contribution >= 0.6 is 0 Å². The van der Waals surface area contributed by atoms with E-state index in [1.807, 2.05) is 30.3 Å². The van der Waals surface area contributed by atoms with E-state index in [4.69, 9.17) is 14.2 Å². The third kappa shape index (κ3) is 5.71. The number of nitrogens with one attached hydrogen (secondary N) is 1. The average Bonchev–Trinajstić information content (AvgIpc) is 2.77. The topological polar surface area (TPSA) is 124 Å². The van der Waals surface area contributed by atoms with Gasteiger partial charge in [-0.1, -0.05) is 30.3 Å². The lowest BCUT2D eigenvalue weighted by Gasteiger charge is -2.21. The predicted molar refractivity (Wildman–Crippen MR) is 108 cm³/mol. The summed E-state index contributed by atoms with van der Waals surface area (Å²) < 4.78 is 15.8. The zero-order valence-electron chi connectivity index (χ0n) is 17.2. The van der Waals surface area contributed by atoms with E-state index in [9.17, 15) is 19.5 Å². The highest BCUT2D eigenvalue weighted by molar-refractivity contribution is 5.96. The second kappa shape index (κ2) is 9.92. The highest BCUT2D eigenvalue weighted by atomic mass is 16.6. The molecule has 9 heteroatoms. The van der Waals surface area contributed by atoms with Crippen molar-refractivity contribution >= 4 is 17.8 Å². The third-order valence-corrected chi connectivity index (χ3v) is 4.83. The number of amides is 1. The number of hydrogen-bond donors (Lipinski definition) is 2. The first-order valence-corrected chi connectivity index (χ1v) is 9.84. The van der Waals surface area contributed by atoms with Gasteiger partial charge in [-0.2, -0.15) is 0 Å². The van der Waals surface area contributed by atoms with E-state index in [0.717, 1.165) is 5.56 Å². The molecular formula is C22H24N2O7. The zero-order chi connectivity index (χ0) is 22.4. The summed E-state index contributed by atoms with van der Waals surface area (Å²) in [5.74, 6) is -2.96. The number of pyridine rings is 1. The van der Waals surface area contributed by atoms with Gasteiger partial charge in [0.1, 0.15) is 6.42 Å². The number of cyclic esters (lactones) is 2. The Labute approximate surface area is 179 Å². The van der Waals surface area contributed by atoms with Gasteiger partial charge in [0.25, 0.3) is 5.91 Å². The molecule has 9 nitrogen and oxygen atoms in total. The lowest BCUT2D eigenvalue weighted by Crippen LogP contribution is -2.41. The van der Waals surface area contributed by atoms with Gasteiger partial charge in [-0.3, -0.25) is 14.4 Å². The highest BCUT2D eigenvalue weighted by Crippen LogP contribution is 2.28. The van der Waals surface area contributed by atoms with Crippen molar-refractivity contribution < 1.29 is 33.7 Å². The molecule has 0 spiro atoms. The van der Waals surface area contributed by atoms with Crippen LogP contribution in [0.4, 0.5) is 0 Å². The van der Waals surface area contributed by atoms with Crippen molar-refractivity contribution in [1.29, 1.82) is 0 Å². The van der Waals surface area contributed by atoms with Gasteiger partial charge in [0.05, 0.1) is 19.1 Å². The van der Waals surface area contributed by atoms with Gasteiger partial charge < -0.3 is 24.6 Å². The molecule has 31 heavy (non-hydrogen) atoms. The van der Waals surface area contributed by atoms with Crippen molar-refractivity contribution in [1.82, 2.24) is 10.3 Å². The van der Waals surface area contributed by atoms with Crippen LogP contribution in [0.2, 0.25) is 0 Å². The van der Waals surface area contributed by atoms with E-state index in [1.54, 1.807) is 6.92 Å². The van der Waals surface area contributed by atoms with E-state index in [2.05, 4.69) is 10.3 Å². The van der Waals surface area contributed by atoms with Crippen molar-refractivity contribution in [2.45, 2.75) is 38.5 Å². The highest BCUT2D eigenvalue weighted by Gasteiger charge is 2.32. The molecule has 0 bridgehead atoms. The van der Waals surface area contributed by atoms with E-state index < -0.39 is 41.8 Å². The quantitative estimate of drug-likeness (QED) is 0.693. The minimum Gasteiger partial charge on any atom is -0.503 e. The summed E-state index contributed by atoms with van der Waals surface area (Å²) in [5, 5.41) is 12.6. The van der Waals surface area contributed by atoms with E-state index >= 15 is 0 Å². The predicted octanol–water partition coefficient (Wildman–Crippen LogP) is 1.98. The Morgan fingerprint density at radius 3 is 2.68 bits per heavy atom. The number of aromatic hydroxyl groups is 1. The maximum atomic E-state index is 12.8. The Kier molecular flexibility index (Phi) is 7.07. The molecule has 164 valence electrons. The first-order chi connectivity index (χ1) is 14.9. The zero-order valence-corrected chi connectivity index (χ0v) is 17.2. The molecule has 1 aliphatic rings. The van der Waals surface area contributed by atoms with Gasteiger partial charge in [-0.15, -0.1) is 0 Å². The Bertz CT molecular complexity index is 948. The summed E-state index contributed by atoms with van der Waals surface area (Å²) in [6.07, 6.45) is -0.159. The first kappa shape index (κ1) is 22.1. The molecule has 2 heterocycles. The SMILES string of the molecule is COc1ccnc(C(=O)NC2CC(=O)OC(C)CC(Cc3ccccc3)C(=O)O2)c1O. The monoisotopic (exact) mass is 428 g/mol. The molecule has 1 fully saturated rings. The van der Waals surface area contributed by atoms with Crippen molar-refractivity contribution in [3.63, 3.8) is 0 Å². The van der Waals surface area contributed by atoms with Gasteiger partial charge in [0.2, 0.25) is 0 Å². The molecule has 3 unspecified atom stereocenters. The number of rotatable bonds is 5. The maximum absolute atomic E-state index is 12.8. The van der Waals surface area contributed by atoms with Crippen LogP contribution in [0.3, 0.4) is 0 Å². The molecule has 3 atom stereocenters. The number of ether oxygens (including phenoxy) is 3. The van der Waals surface area contributed by atoms with Gasteiger partial charge >= 0.3 is 11.9 Å². The smallest absolute Gasteiger partial charge is 0.311 e. The fourth-order valence-corrected chi connectivity index (χ4v) is 3.37. The van der Waals surface area contributed by atoms with Crippen LogP contribution in [0, 0.1) is 5.92 Å². The van der Waals surface area contributed by atoms with E-state index in [-0.39, 0.29) is 17.9 Å². The van der Waals surface area contributed by atoms with E-state index in [0.29, 0.717) is 12.8 Å². The maximum Gasteiger partial charge on any atom is 0.311 e. The Morgan fingerprint density at radius 2 is 1.97 bits per heavy atom. The first-order valence-electron chi connectivity index (χ1n) is 9.84. The number of esters is 2. The number of carbonyl (C=O) groups excluding carboxylic acids is 3. The average molecular weight is 428 g/mol. The fraction of sp³-hybridized carbons (Fsp3) is 0.364. The number of aromatic nitrogens is 1. The van der Waals surface area contributed by atoms with E-state index in [1.165, 1.54) is 19.4 Å². The van der Waals surface area contributed by atoms with Crippen LogP contribution in [0.15, 0.2) is 42.6 Å². The lowest BCUT2D eigenvalue weighted by atomic mass is 9.94. The standard InChI is InChI=1S/C22H24N2O7/c1-13-10-15(11-14-6-4-3-5-7-14)22(28)31-17(12-18(25)30-13)24-21(27)19-20(26)16(29-2)8-9-23-19/h3-9,13,15,17,26H,10-12H2,1-2H3,(H,24,27). The number of methoxy groups -OCH3 is 1. The number of carbonyl (C=O) groups is 3. The molecule has 0 saturated carbocycles. The normalized spacial score (nSPS) is 21.7. The van der Waals surface area contributed by atoms with Crippen molar-refractivity contribution in [3.8, 4) is 11.5 Å². The molecule has 1 saturated heterocycles. The van der Waals surface area contributed by atoms with Crippen LogP contribution in [0.5, 0.6) is 11.5 Å². The van der Waals surface area contributed by atoms with Crippen molar-refractivity contribution in [3.05, 3.63) is 53.9 Å². The summed E-state index contributed by atoms with van der Waals surface area (Å²) in [6.45, 7) is 1.71. The molecule has 1 aromatic carbocycles. The molecule has 1 aliphatic heterocycles. The number of benzene rings is 1. The van der Waals surface area contributed by atoms with Gasteiger partial charge in [-0.25, -0.2) is 4.98 Å². The summed E-state index contributed by atoms with van der Waals surface area (Å²) in [5.41, 5.74) is 0.617. The Hall–Kier alpha value is -3.62. The molecule has 0 aliphatic carbocycles. The summed E-state index contributed by atoms with van der Waals surface area (Å²) in [4.78, 5) is 41.5. The Balaban J connectivity index is 1.78. The fourth-order valence-electron chi connectivity index (χ4n) is 3.37. The molecule has 3 rings (SSSR count). The summed E-state index contributed by atoms with van der Waals surface area (Å²) >= 11 is 0. The van der Waals surface area contributed by atoms with Crippen LogP contribution in [0.1, 0.15) is 35.8 Å². The van der Waals surface area contributed by atoms with Crippen LogP contribution in [-0.4, -0.2) is 47.4 Å². The van der Waals surface area contributed by atoms with Gasteiger partial charge in [0, 0.05) is 12.3 Å². The number of nitrogens with zero attached hydrogens (tertiary/aromatic N) is 1. The largest absolute Gasteiger partial charge is 0.503 e.